The maximum absolute atomic E-state index is 11.4. The molecule has 0 fully saturated rings. The van der Waals surface area contributed by atoms with Gasteiger partial charge in [0.2, 0.25) is 0 Å². The summed E-state index contributed by atoms with van der Waals surface area (Å²) in [6, 6.07) is 1.09. The molecular weight excluding hydrogens is 289 g/mol. The Kier molecular flexibility index (Phi) is 2.28. The van der Waals surface area contributed by atoms with Crippen LogP contribution in [0.15, 0.2) is 15.5 Å². The number of nitrogens with one attached hydrogen (secondary N) is 1. The summed E-state index contributed by atoms with van der Waals surface area (Å²) >= 11 is 8.55. The number of rotatable bonds is 1. The molecule has 2 aromatic rings. The van der Waals surface area contributed by atoms with Gasteiger partial charge in [-0.1, -0.05) is 11.6 Å². The lowest BCUT2D eigenvalue weighted by Gasteiger charge is -1.93. The summed E-state index contributed by atoms with van der Waals surface area (Å²) in [6.07, 6.45) is 0. The van der Waals surface area contributed by atoms with Crippen molar-refractivity contribution >= 4 is 39.1 Å². The Bertz CT molecular complexity index is 618. The number of aromatic nitrogens is 3. The fourth-order valence-electron chi connectivity index (χ4n) is 1.17. The quantitative estimate of drug-likeness (QED) is 0.772. The zero-order valence-corrected chi connectivity index (χ0v) is 9.33. The molecule has 8 heteroatoms. The summed E-state index contributed by atoms with van der Waals surface area (Å²) in [5.41, 5.74) is -0.625. The van der Waals surface area contributed by atoms with E-state index in [-0.39, 0.29) is 21.0 Å². The van der Waals surface area contributed by atoms with Gasteiger partial charge in [0.05, 0.1) is 0 Å². The fourth-order valence-corrected chi connectivity index (χ4v) is 1.87. The predicted molar refractivity (Wildman–Crippen MR) is 55.5 cm³/mol. The van der Waals surface area contributed by atoms with E-state index in [4.69, 9.17) is 16.7 Å². The van der Waals surface area contributed by atoms with Gasteiger partial charge in [-0.05, 0) is 15.9 Å². The minimum absolute atomic E-state index is 0.0214. The average molecular weight is 292 g/mol. The van der Waals surface area contributed by atoms with E-state index in [0.29, 0.717) is 0 Å². The van der Waals surface area contributed by atoms with Crippen LogP contribution < -0.4 is 5.56 Å². The van der Waals surface area contributed by atoms with Crippen LogP contribution in [-0.2, 0) is 0 Å². The van der Waals surface area contributed by atoms with E-state index < -0.39 is 11.5 Å². The third-order valence-electron chi connectivity index (χ3n) is 1.75. The van der Waals surface area contributed by atoms with Gasteiger partial charge in [-0.3, -0.25) is 9.89 Å². The van der Waals surface area contributed by atoms with Gasteiger partial charge < -0.3 is 5.11 Å². The standard InChI is InChI=1S/C7H3BrClN3O3/c8-5-4(7(14)15)6-10-2(9)1-3(13)12(6)11-5/h1,11H,(H,14,15). The van der Waals surface area contributed by atoms with Crippen molar-refractivity contribution in [2.75, 3.05) is 0 Å². The number of hydrogen-bond donors (Lipinski definition) is 2. The topological polar surface area (TPSA) is 87.5 Å². The number of H-pyrrole nitrogens is 1. The van der Waals surface area contributed by atoms with Crippen LogP contribution in [0.5, 0.6) is 0 Å². The molecular formula is C7H3BrClN3O3. The number of aromatic amines is 1. The second kappa shape index (κ2) is 3.35. The minimum atomic E-state index is -1.20. The molecule has 2 rings (SSSR count). The van der Waals surface area contributed by atoms with Crippen LogP contribution in [0.2, 0.25) is 5.15 Å². The second-order valence-corrected chi connectivity index (χ2v) is 3.86. The molecule has 0 amide bonds. The summed E-state index contributed by atoms with van der Waals surface area (Å²) < 4.78 is 1.17. The summed E-state index contributed by atoms with van der Waals surface area (Å²) in [4.78, 5) is 26.0. The predicted octanol–water partition coefficient (Wildman–Crippen LogP) is 1.14. The first-order chi connectivity index (χ1) is 7.00. The van der Waals surface area contributed by atoms with Gasteiger partial charge >= 0.3 is 5.97 Å². The van der Waals surface area contributed by atoms with Crippen molar-refractivity contribution < 1.29 is 9.90 Å². The van der Waals surface area contributed by atoms with E-state index in [1.54, 1.807) is 0 Å². The Morgan fingerprint density at radius 2 is 2.33 bits per heavy atom. The number of carboxylic acid groups (broad SMARTS) is 1. The van der Waals surface area contributed by atoms with Crippen molar-refractivity contribution in [1.29, 1.82) is 0 Å². The summed E-state index contributed by atoms with van der Waals surface area (Å²) in [5, 5.41) is 11.4. The lowest BCUT2D eigenvalue weighted by atomic mass is 10.3. The van der Waals surface area contributed by atoms with Gasteiger partial charge in [0.1, 0.15) is 15.3 Å². The Morgan fingerprint density at radius 1 is 1.67 bits per heavy atom. The van der Waals surface area contributed by atoms with Crippen LogP contribution in [0.1, 0.15) is 10.4 Å². The molecule has 15 heavy (non-hydrogen) atoms. The monoisotopic (exact) mass is 291 g/mol. The van der Waals surface area contributed by atoms with Crippen molar-refractivity contribution in [3.8, 4) is 0 Å². The molecule has 0 radical (unpaired) electrons. The molecule has 78 valence electrons. The van der Waals surface area contributed by atoms with Crippen LogP contribution in [0, 0.1) is 0 Å². The molecule has 0 aromatic carbocycles. The molecule has 6 nitrogen and oxygen atoms in total. The van der Waals surface area contributed by atoms with Gasteiger partial charge in [-0.15, -0.1) is 0 Å². The second-order valence-electron chi connectivity index (χ2n) is 2.68. The Morgan fingerprint density at radius 3 is 2.93 bits per heavy atom. The Labute approximate surface area is 95.6 Å². The Hall–Kier alpha value is -1.34. The van der Waals surface area contributed by atoms with Crippen molar-refractivity contribution in [2.45, 2.75) is 0 Å². The zero-order valence-electron chi connectivity index (χ0n) is 6.99. The highest BCUT2D eigenvalue weighted by atomic mass is 79.9. The average Bonchev–Trinajstić information content (AvgIpc) is 2.41. The number of nitrogens with zero attached hydrogens (tertiary/aromatic N) is 2. The highest BCUT2D eigenvalue weighted by Gasteiger charge is 2.18. The molecule has 2 aromatic heterocycles. The van der Waals surface area contributed by atoms with Gasteiger partial charge in [0.25, 0.3) is 5.56 Å². The van der Waals surface area contributed by atoms with E-state index in [9.17, 15) is 9.59 Å². The van der Waals surface area contributed by atoms with E-state index >= 15 is 0 Å². The molecule has 2 heterocycles. The van der Waals surface area contributed by atoms with Crippen LogP contribution in [0.25, 0.3) is 5.65 Å². The molecule has 0 saturated heterocycles. The van der Waals surface area contributed by atoms with Crippen LogP contribution >= 0.6 is 27.5 Å². The Balaban J connectivity index is 2.99. The first-order valence-electron chi connectivity index (χ1n) is 3.71. The highest BCUT2D eigenvalue weighted by molar-refractivity contribution is 9.10. The third-order valence-corrected chi connectivity index (χ3v) is 2.52. The van der Waals surface area contributed by atoms with Crippen molar-refractivity contribution in [2.24, 2.45) is 0 Å². The number of fused-ring (bicyclic) bond motifs is 1. The van der Waals surface area contributed by atoms with E-state index in [2.05, 4.69) is 26.0 Å². The molecule has 2 N–H and O–H groups in total. The van der Waals surface area contributed by atoms with E-state index in [1.807, 2.05) is 0 Å². The van der Waals surface area contributed by atoms with Gasteiger partial charge in [-0.2, -0.15) is 4.52 Å². The van der Waals surface area contributed by atoms with E-state index in [1.165, 1.54) is 0 Å². The smallest absolute Gasteiger partial charge is 0.342 e. The molecule has 0 aliphatic rings. The van der Waals surface area contributed by atoms with Crippen molar-refractivity contribution in [1.82, 2.24) is 14.6 Å². The number of hydrogen-bond acceptors (Lipinski definition) is 3. The summed E-state index contributed by atoms with van der Waals surface area (Å²) in [6.45, 7) is 0. The van der Waals surface area contributed by atoms with Gasteiger partial charge in [0, 0.05) is 6.07 Å². The van der Waals surface area contributed by atoms with Gasteiger partial charge in [-0.25, -0.2) is 9.78 Å². The maximum Gasteiger partial charge on any atom is 0.342 e. The van der Waals surface area contributed by atoms with Crippen LogP contribution in [0.4, 0.5) is 0 Å². The first kappa shape index (κ1) is 10.2. The number of aromatic carboxylic acids is 1. The third kappa shape index (κ3) is 1.53. The SMILES string of the molecule is O=C(O)c1c(Br)[nH]n2c(=O)cc(Cl)nc12. The van der Waals surface area contributed by atoms with Crippen LogP contribution in [0.3, 0.4) is 0 Å². The fraction of sp³-hybridized carbons (Fsp3) is 0. The molecule has 0 atom stereocenters. The van der Waals surface area contributed by atoms with Crippen molar-refractivity contribution in [3.63, 3.8) is 0 Å². The molecule has 0 aliphatic heterocycles. The van der Waals surface area contributed by atoms with Crippen LogP contribution in [-0.4, -0.2) is 25.7 Å². The highest BCUT2D eigenvalue weighted by Crippen LogP contribution is 2.19. The molecule has 0 saturated carbocycles. The number of carbonyl (C=O) groups is 1. The summed E-state index contributed by atoms with van der Waals surface area (Å²) in [5.74, 6) is -1.20. The first-order valence-corrected chi connectivity index (χ1v) is 4.88. The zero-order chi connectivity index (χ0) is 11.2. The van der Waals surface area contributed by atoms with Gasteiger partial charge in [0.15, 0.2) is 5.65 Å². The number of carboxylic acids is 1. The summed E-state index contributed by atoms with van der Waals surface area (Å²) in [7, 11) is 0. The van der Waals surface area contributed by atoms with E-state index in [0.717, 1.165) is 10.6 Å². The normalized spacial score (nSPS) is 10.8. The lowest BCUT2D eigenvalue weighted by Crippen LogP contribution is -2.14. The largest absolute Gasteiger partial charge is 0.477 e. The lowest BCUT2D eigenvalue weighted by molar-refractivity contribution is 0.0698. The maximum atomic E-state index is 11.4. The van der Waals surface area contributed by atoms with Crippen molar-refractivity contribution in [3.05, 3.63) is 31.7 Å². The number of halogens is 2. The molecule has 0 unspecified atom stereocenters. The minimum Gasteiger partial charge on any atom is -0.477 e. The molecule has 0 aliphatic carbocycles. The molecule has 0 bridgehead atoms. The molecule has 0 spiro atoms.